The number of benzene rings is 2. The second kappa shape index (κ2) is 6.97. The average Bonchev–Trinajstić information content (AvgIpc) is 2.88. The molecule has 0 aromatic heterocycles. The van der Waals surface area contributed by atoms with Crippen LogP contribution in [-0.4, -0.2) is 11.8 Å². The molecule has 0 N–H and O–H groups in total. The minimum Gasteiger partial charge on any atom is -0.272 e. The van der Waals surface area contributed by atoms with Gasteiger partial charge >= 0.3 is 0 Å². The lowest BCUT2D eigenvalue weighted by molar-refractivity contribution is -0.127. The first-order chi connectivity index (χ1) is 11.7. The predicted octanol–water partition coefficient (Wildman–Crippen LogP) is 3.29. The summed E-state index contributed by atoms with van der Waals surface area (Å²) >= 11 is 0. The van der Waals surface area contributed by atoms with Gasteiger partial charge in [0.25, 0.3) is 11.8 Å². The number of carbonyl (C=O) groups excluding carboxylic acids is 2. The first-order valence-corrected chi connectivity index (χ1v) is 7.89. The van der Waals surface area contributed by atoms with Gasteiger partial charge in [0, 0.05) is 6.42 Å². The van der Waals surface area contributed by atoms with Gasteiger partial charge in [-0.3, -0.25) is 9.59 Å². The van der Waals surface area contributed by atoms with Crippen LogP contribution in [-0.2, 0) is 9.59 Å². The molecule has 0 atom stereocenters. The lowest BCUT2D eigenvalue weighted by Crippen LogP contribution is -2.41. The molecule has 0 aliphatic carbocycles. The number of hydrogen-bond donors (Lipinski definition) is 0. The van der Waals surface area contributed by atoms with Crippen LogP contribution in [0.3, 0.4) is 0 Å². The van der Waals surface area contributed by atoms with Crippen LogP contribution in [0.1, 0.15) is 19.3 Å². The van der Waals surface area contributed by atoms with Crippen LogP contribution >= 0.6 is 0 Å². The predicted molar refractivity (Wildman–Crippen MR) is 90.8 cm³/mol. The highest BCUT2D eigenvalue weighted by molar-refractivity contribution is 6.22. The maximum Gasteiger partial charge on any atom is 0.258 e. The van der Waals surface area contributed by atoms with Crippen LogP contribution < -0.4 is 10.0 Å². The summed E-state index contributed by atoms with van der Waals surface area (Å²) in [6.07, 6.45) is 1.26. The maximum atomic E-state index is 12.9. The summed E-state index contributed by atoms with van der Waals surface area (Å²) in [5.74, 6) is -1.22. The van der Waals surface area contributed by atoms with Gasteiger partial charge in [-0.2, -0.15) is 5.26 Å². The molecule has 0 unspecified atom stereocenters. The van der Waals surface area contributed by atoms with E-state index in [1.165, 1.54) is 10.0 Å². The molecule has 0 spiro atoms. The van der Waals surface area contributed by atoms with Gasteiger partial charge in [-0.1, -0.05) is 36.4 Å². The van der Waals surface area contributed by atoms with Crippen molar-refractivity contribution in [3.05, 3.63) is 60.7 Å². The van der Waals surface area contributed by atoms with E-state index in [9.17, 15) is 9.59 Å². The summed E-state index contributed by atoms with van der Waals surface area (Å²) < 4.78 is 0. The Balaban J connectivity index is 1.98. The summed E-state index contributed by atoms with van der Waals surface area (Å²) in [4.78, 5) is 25.7. The van der Waals surface area contributed by atoms with Gasteiger partial charge in [-0.05, 0) is 37.1 Å². The number of nitriles is 1. The Kier molecular flexibility index (Phi) is 4.57. The van der Waals surface area contributed by atoms with E-state index < -0.39 is 5.92 Å². The van der Waals surface area contributed by atoms with Crippen molar-refractivity contribution in [3.63, 3.8) is 0 Å². The van der Waals surface area contributed by atoms with E-state index in [0.717, 1.165) is 0 Å². The lowest BCUT2D eigenvalue weighted by atomic mass is 10.0. The summed E-state index contributed by atoms with van der Waals surface area (Å²) in [5.41, 5.74) is 1.31. The van der Waals surface area contributed by atoms with Crippen LogP contribution in [0.15, 0.2) is 60.7 Å². The van der Waals surface area contributed by atoms with Gasteiger partial charge in [0.2, 0.25) is 0 Å². The highest BCUT2D eigenvalue weighted by Gasteiger charge is 2.46. The molecule has 3 rings (SSSR count). The van der Waals surface area contributed by atoms with Crippen LogP contribution in [0.25, 0.3) is 0 Å². The normalized spacial score (nSPS) is 15.0. The Bertz CT molecular complexity index is 711. The van der Waals surface area contributed by atoms with Crippen molar-refractivity contribution < 1.29 is 9.59 Å². The summed E-state index contributed by atoms with van der Waals surface area (Å²) in [6, 6.07) is 20.3. The number of hydrazine groups is 1. The number of anilines is 2. The third kappa shape index (κ3) is 2.86. The zero-order valence-corrected chi connectivity index (χ0v) is 13.1. The highest BCUT2D eigenvalue weighted by atomic mass is 16.2. The van der Waals surface area contributed by atoms with E-state index >= 15 is 0 Å². The Morgan fingerprint density at radius 3 is 1.71 bits per heavy atom. The Labute approximate surface area is 140 Å². The fourth-order valence-corrected chi connectivity index (χ4v) is 2.85. The molecule has 120 valence electrons. The van der Waals surface area contributed by atoms with Crippen molar-refractivity contribution in [3.8, 4) is 6.07 Å². The Morgan fingerprint density at radius 1 is 0.833 bits per heavy atom. The van der Waals surface area contributed by atoms with Crippen molar-refractivity contribution in [2.75, 3.05) is 10.0 Å². The second-order valence-corrected chi connectivity index (χ2v) is 5.57. The van der Waals surface area contributed by atoms with Gasteiger partial charge in [0.05, 0.1) is 17.4 Å². The standard InChI is InChI=1S/C19H17N3O2/c20-14-8-7-13-17-18(23)21(15-9-3-1-4-10-15)22(19(17)24)16-11-5-2-6-12-16/h1-6,9-12,17H,7-8,13H2. The average molecular weight is 319 g/mol. The topological polar surface area (TPSA) is 64.4 Å². The summed E-state index contributed by atoms with van der Waals surface area (Å²) in [7, 11) is 0. The molecule has 2 aromatic carbocycles. The minimum atomic E-state index is -0.737. The van der Waals surface area contributed by atoms with Gasteiger partial charge in [0.1, 0.15) is 5.92 Å². The molecule has 0 radical (unpaired) electrons. The fraction of sp³-hybridized carbons (Fsp3) is 0.211. The summed E-state index contributed by atoms with van der Waals surface area (Å²) in [6.45, 7) is 0. The van der Waals surface area contributed by atoms with Crippen molar-refractivity contribution in [1.29, 1.82) is 5.26 Å². The fourth-order valence-electron chi connectivity index (χ4n) is 2.85. The molecule has 2 amide bonds. The van der Waals surface area contributed by atoms with Crippen LogP contribution in [0.5, 0.6) is 0 Å². The molecule has 1 aliphatic rings. The van der Waals surface area contributed by atoms with E-state index in [0.29, 0.717) is 30.6 Å². The van der Waals surface area contributed by atoms with E-state index in [1.54, 1.807) is 24.3 Å². The molecule has 24 heavy (non-hydrogen) atoms. The van der Waals surface area contributed by atoms with Crippen LogP contribution in [0, 0.1) is 17.2 Å². The molecular formula is C19H17N3O2. The Morgan fingerprint density at radius 2 is 1.29 bits per heavy atom. The number of para-hydroxylation sites is 2. The molecule has 5 heteroatoms. The first kappa shape index (κ1) is 15.8. The molecule has 0 saturated carbocycles. The molecule has 2 aromatic rings. The van der Waals surface area contributed by atoms with Gasteiger partial charge < -0.3 is 0 Å². The van der Waals surface area contributed by atoms with Crippen molar-refractivity contribution in [2.45, 2.75) is 19.3 Å². The number of unbranched alkanes of at least 4 members (excludes halogenated alkanes) is 1. The monoisotopic (exact) mass is 319 g/mol. The van der Waals surface area contributed by atoms with Crippen molar-refractivity contribution in [1.82, 2.24) is 0 Å². The van der Waals surface area contributed by atoms with Crippen LogP contribution in [0.2, 0.25) is 0 Å². The third-order valence-corrected chi connectivity index (χ3v) is 4.00. The quantitative estimate of drug-likeness (QED) is 0.627. The largest absolute Gasteiger partial charge is 0.272 e. The zero-order valence-electron chi connectivity index (χ0n) is 13.1. The lowest BCUT2D eigenvalue weighted by Gasteiger charge is -2.27. The number of carbonyl (C=O) groups is 2. The van der Waals surface area contributed by atoms with E-state index in [-0.39, 0.29) is 11.8 Å². The molecule has 1 aliphatic heterocycles. The molecule has 5 nitrogen and oxygen atoms in total. The molecule has 1 saturated heterocycles. The number of rotatable bonds is 5. The molecular weight excluding hydrogens is 302 g/mol. The van der Waals surface area contributed by atoms with Gasteiger partial charge in [0.15, 0.2) is 0 Å². The van der Waals surface area contributed by atoms with Crippen LogP contribution in [0.4, 0.5) is 11.4 Å². The summed E-state index contributed by atoms with van der Waals surface area (Å²) in [5, 5.41) is 11.6. The Hall–Kier alpha value is -3.13. The van der Waals surface area contributed by atoms with E-state index in [2.05, 4.69) is 6.07 Å². The minimum absolute atomic E-state index is 0.243. The first-order valence-electron chi connectivity index (χ1n) is 7.89. The van der Waals surface area contributed by atoms with Gasteiger partial charge in [-0.25, -0.2) is 10.0 Å². The zero-order chi connectivity index (χ0) is 16.9. The smallest absolute Gasteiger partial charge is 0.258 e. The number of amides is 2. The number of nitrogens with zero attached hydrogens (tertiary/aromatic N) is 3. The molecule has 0 bridgehead atoms. The van der Waals surface area contributed by atoms with E-state index in [4.69, 9.17) is 5.26 Å². The third-order valence-electron chi connectivity index (χ3n) is 4.00. The number of hydrogen-bond acceptors (Lipinski definition) is 3. The molecule has 1 heterocycles. The van der Waals surface area contributed by atoms with E-state index in [1.807, 2.05) is 36.4 Å². The molecule has 1 fully saturated rings. The SMILES string of the molecule is N#CCCCC1C(=O)N(c2ccccc2)N(c2ccccc2)C1=O. The highest BCUT2D eigenvalue weighted by Crippen LogP contribution is 2.33. The maximum absolute atomic E-state index is 12.9. The van der Waals surface area contributed by atoms with Gasteiger partial charge in [-0.15, -0.1) is 0 Å². The van der Waals surface area contributed by atoms with Crippen molar-refractivity contribution in [2.24, 2.45) is 5.92 Å². The van der Waals surface area contributed by atoms with Crippen molar-refractivity contribution >= 4 is 23.2 Å². The second-order valence-electron chi connectivity index (χ2n) is 5.57.